The summed E-state index contributed by atoms with van der Waals surface area (Å²) in [5, 5.41) is 22.8. The first-order valence-electron chi connectivity index (χ1n) is 15.0. The number of phenols is 1. The van der Waals surface area contributed by atoms with E-state index in [9.17, 15) is 24.6 Å². The third-order valence-electron chi connectivity index (χ3n) is 7.41. The molecule has 9 nitrogen and oxygen atoms in total. The number of halogens is 1. The fourth-order valence-electron chi connectivity index (χ4n) is 5.13. The minimum absolute atomic E-state index is 0.0555. The van der Waals surface area contributed by atoms with Crippen molar-refractivity contribution in [3.63, 3.8) is 0 Å². The highest BCUT2D eigenvalue weighted by Crippen LogP contribution is 2.36. The number of methoxy groups -OCH3 is 1. The average Bonchev–Trinajstić information content (AvgIpc) is 3.04. The Bertz CT molecular complexity index is 1910. The molecular weight excluding hydrogens is 644 g/mol. The van der Waals surface area contributed by atoms with Crippen LogP contribution in [0.3, 0.4) is 0 Å². The molecule has 11 heteroatoms. The first-order chi connectivity index (χ1) is 22.5. The summed E-state index contributed by atoms with van der Waals surface area (Å²) in [6.07, 6.45) is 9.71. The Morgan fingerprint density at radius 3 is 2.68 bits per heavy atom. The zero-order valence-electron chi connectivity index (χ0n) is 26.2. The summed E-state index contributed by atoms with van der Waals surface area (Å²) < 4.78 is 21.7. The number of Topliss-reactive ketones (excluding diaryl/α,β-unsaturated/α-hetero) is 1. The number of phenolic OH excluding ortho intramolecular Hbond substituents is 1. The van der Waals surface area contributed by atoms with Gasteiger partial charge in [-0.05, 0) is 55.7 Å². The summed E-state index contributed by atoms with van der Waals surface area (Å²) in [4.78, 5) is 38.4. The van der Waals surface area contributed by atoms with Crippen molar-refractivity contribution in [2.24, 2.45) is 0 Å². The normalized spacial score (nSPS) is 13.9. The van der Waals surface area contributed by atoms with Gasteiger partial charge in [-0.25, -0.2) is 4.79 Å². The number of carbonyl (C=O) groups excluding carboxylic acids is 2. The lowest BCUT2D eigenvalue weighted by Gasteiger charge is -2.22. The van der Waals surface area contributed by atoms with Crippen LogP contribution in [0.5, 0.6) is 17.4 Å². The van der Waals surface area contributed by atoms with Gasteiger partial charge in [0.2, 0.25) is 0 Å². The van der Waals surface area contributed by atoms with Crippen molar-refractivity contribution in [3.8, 4) is 17.4 Å². The average molecular weight is 679 g/mol. The minimum atomic E-state index is -1.29. The van der Waals surface area contributed by atoms with Gasteiger partial charge in [-0.15, -0.1) is 0 Å². The Morgan fingerprint density at radius 2 is 1.98 bits per heavy atom. The molecule has 47 heavy (non-hydrogen) atoms. The maximum atomic E-state index is 13.9. The van der Waals surface area contributed by atoms with E-state index in [1.165, 1.54) is 13.0 Å². The number of ketones is 1. The number of fused-ring (bicyclic) bond motifs is 1. The van der Waals surface area contributed by atoms with Gasteiger partial charge >= 0.3 is 12.1 Å². The van der Waals surface area contributed by atoms with E-state index in [0.717, 1.165) is 13.5 Å². The Balaban J connectivity index is 1.64. The Kier molecular flexibility index (Phi) is 12.3. The highest BCUT2D eigenvalue weighted by molar-refractivity contribution is 7.81. The molecule has 2 N–H and O–H groups in total. The first kappa shape index (κ1) is 35.3. The van der Waals surface area contributed by atoms with Gasteiger partial charge in [-0.3, -0.25) is 9.59 Å². The van der Waals surface area contributed by atoms with Crippen LogP contribution < -0.4 is 25.5 Å². The van der Waals surface area contributed by atoms with Crippen LogP contribution in [0.4, 0.5) is 4.79 Å². The van der Waals surface area contributed by atoms with E-state index in [-0.39, 0.29) is 39.9 Å². The molecule has 1 aromatic heterocycles. The predicted molar refractivity (Wildman–Crippen MR) is 183 cm³/mol. The number of hydrogen-bond acceptors (Lipinski definition) is 10. The third kappa shape index (κ3) is 8.65. The van der Waals surface area contributed by atoms with Crippen LogP contribution in [0.15, 0.2) is 69.9 Å². The molecule has 3 aromatic rings. The van der Waals surface area contributed by atoms with Gasteiger partial charge in [0.05, 0.1) is 36.2 Å². The molecule has 0 saturated carbocycles. The summed E-state index contributed by atoms with van der Waals surface area (Å²) in [5.74, 6) is -1.24. The molecule has 1 aliphatic carbocycles. The fraction of sp³-hybridized carbons (Fsp3) is 0.278. The molecule has 0 unspecified atom stereocenters. The van der Waals surface area contributed by atoms with Gasteiger partial charge in [0.1, 0.15) is 16.9 Å². The van der Waals surface area contributed by atoms with Crippen LogP contribution in [0, 0.1) is 0 Å². The molecule has 0 saturated heterocycles. The summed E-state index contributed by atoms with van der Waals surface area (Å²) in [6.45, 7) is 3.66. The monoisotopic (exact) mass is 678 g/mol. The molecule has 2 aromatic carbocycles. The van der Waals surface area contributed by atoms with Crippen molar-refractivity contribution in [3.05, 3.63) is 109 Å². The summed E-state index contributed by atoms with van der Waals surface area (Å²) >= 11 is 11.5. The number of aromatic hydroxyl groups is 1. The second-order valence-corrected chi connectivity index (χ2v) is 11.7. The molecule has 0 spiro atoms. The molecule has 246 valence electrons. The van der Waals surface area contributed by atoms with Gasteiger partial charge in [-0.2, -0.15) is 0 Å². The zero-order valence-corrected chi connectivity index (χ0v) is 27.7. The smallest absolute Gasteiger partial charge is 0.507 e. The van der Waals surface area contributed by atoms with E-state index in [4.69, 9.17) is 37.7 Å². The highest BCUT2D eigenvalue weighted by Gasteiger charge is 2.30. The number of allylic oxidation sites excluding steroid dienone is 2. The van der Waals surface area contributed by atoms with Crippen molar-refractivity contribution in [1.82, 2.24) is 0 Å². The lowest BCUT2D eigenvalue weighted by molar-refractivity contribution is 0.101. The van der Waals surface area contributed by atoms with Gasteiger partial charge in [0.15, 0.2) is 11.2 Å². The lowest BCUT2D eigenvalue weighted by Crippen LogP contribution is -2.44. The third-order valence-corrected chi connectivity index (χ3v) is 7.93. The fourth-order valence-corrected chi connectivity index (χ4v) is 5.52. The zero-order chi connectivity index (χ0) is 34.1. The highest BCUT2D eigenvalue weighted by atomic mass is 35.5. The van der Waals surface area contributed by atoms with Crippen LogP contribution >= 0.6 is 23.8 Å². The van der Waals surface area contributed by atoms with Gasteiger partial charge in [-0.1, -0.05) is 79.7 Å². The number of benzene rings is 2. The van der Waals surface area contributed by atoms with Crippen LogP contribution in [-0.4, -0.2) is 40.7 Å². The minimum Gasteiger partial charge on any atom is -0.507 e. The molecule has 0 fully saturated rings. The van der Waals surface area contributed by atoms with Crippen LogP contribution in [-0.2, 0) is 11.2 Å². The van der Waals surface area contributed by atoms with Crippen LogP contribution in [0.25, 0.3) is 12.2 Å². The number of aliphatic hydroxyl groups is 1. The molecule has 0 aliphatic heterocycles. The van der Waals surface area contributed by atoms with Gasteiger partial charge < -0.3 is 28.8 Å². The standard InChI is InChI=1S/C36H35ClO9S/c1-4-10-26-29(17-16-25(21(2)38)33(26)40)44-18-8-6-5-7-13-28(32(39)22-11-9-12-23(37)19-22)31-34(41)27-15-14-24(47)20-30(27)45-35(31)46-36(42)43-3/h5-7,9,11-13,15-17,19-20,28,32,39-40H,4,8,10,14,18H2,1-3H3/b6-5-,13-7+/t28-,32-/m0/s1. The number of ether oxygens (including phenoxy) is 3. The van der Waals surface area contributed by atoms with E-state index < -0.39 is 29.6 Å². The van der Waals surface area contributed by atoms with Crippen molar-refractivity contribution in [2.75, 3.05) is 13.7 Å². The summed E-state index contributed by atoms with van der Waals surface area (Å²) in [7, 11) is 1.12. The van der Waals surface area contributed by atoms with Gasteiger partial charge in [0.25, 0.3) is 0 Å². The molecule has 1 aliphatic rings. The SMILES string of the molecule is CCCc1c(OCC/C=C\C=C\[C@@H](c2c(OC(=O)OC)oc3c(c2=O)=CCC(=S)C=3)[C@@H](O)c2cccc(Cl)c2)ccc(C(C)=O)c1O. The van der Waals surface area contributed by atoms with Crippen molar-refractivity contribution in [2.45, 2.75) is 51.6 Å². The number of rotatable bonds is 13. The molecule has 1 heterocycles. The molecule has 0 radical (unpaired) electrons. The van der Waals surface area contributed by atoms with Crippen molar-refractivity contribution >= 4 is 52.8 Å². The van der Waals surface area contributed by atoms with E-state index >= 15 is 0 Å². The molecule has 0 bridgehead atoms. The number of hydrogen-bond donors (Lipinski definition) is 2. The van der Waals surface area contributed by atoms with E-state index in [0.29, 0.717) is 46.0 Å². The van der Waals surface area contributed by atoms with Gasteiger partial charge in [0, 0.05) is 27.8 Å². The van der Waals surface area contributed by atoms with Crippen molar-refractivity contribution < 1.29 is 38.4 Å². The number of aliphatic hydroxyl groups excluding tert-OH is 1. The molecule has 4 rings (SSSR count). The molecule has 2 atom stereocenters. The second kappa shape index (κ2) is 16.4. The molecular formula is C36H35ClO9S. The Hall–Kier alpha value is -4.51. The van der Waals surface area contributed by atoms with E-state index in [1.807, 2.05) is 13.0 Å². The second-order valence-electron chi connectivity index (χ2n) is 10.7. The molecule has 0 amide bonds. The Labute approximate surface area is 282 Å². The van der Waals surface area contributed by atoms with E-state index in [1.54, 1.807) is 60.7 Å². The maximum absolute atomic E-state index is 13.9. The summed E-state index contributed by atoms with van der Waals surface area (Å²) in [5.41, 5.74) is 0.813. The summed E-state index contributed by atoms with van der Waals surface area (Å²) in [6, 6.07) is 9.81. The Morgan fingerprint density at radius 1 is 1.19 bits per heavy atom. The topological polar surface area (TPSA) is 132 Å². The van der Waals surface area contributed by atoms with Crippen molar-refractivity contribution in [1.29, 1.82) is 0 Å². The van der Waals surface area contributed by atoms with Crippen LogP contribution in [0.1, 0.15) is 72.2 Å². The maximum Gasteiger partial charge on any atom is 0.516 e. The number of thiocarbonyl (C=S) groups is 1. The largest absolute Gasteiger partial charge is 0.516 e. The lowest BCUT2D eigenvalue weighted by atomic mass is 9.88. The van der Waals surface area contributed by atoms with E-state index in [2.05, 4.69) is 4.74 Å². The first-order valence-corrected chi connectivity index (χ1v) is 15.8. The number of carbonyl (C=O) groups is 2. The van der Waals surface area contributed by atoms with Crippen LogP contribution in [0.2, 0.25) is 5.02 Å². The quantitative estimate of drug-likeness (QED) is 0.0726. The predicted octanol–water partition coefficient (Wildman–Crippen LogP) is 6.03.